The molecule has 0 unspecified atom stereocenters. The van der Waals surface area contributed by atoms with Crippen LogP contribution in [0.1, 0.15) is 25.3 Å². The molecule has 0 aliphatic carbocycles. The minimum atomic E-state index is -0.826. The first-order valence-electron chi connectivity index (χ1n) is 9.62. The monoisotopic (exact) mass is 408 g/mol. The number of rotatable bonds is 7. The van der Waals surface area contributed by atoms with E-state index in [4.69, 9.17) is 9.26 Å². The first kappa shape index (κ1) is 21.0. The molecule has 2 aromatic carbocycles. The van der Waals surface area contributed by atoms with Crippen LogP contribution in [0.2, 0.25) is 0 Å². The number of amides is 2. The van der Waals surface area contributed by atoms with Crippen molar-refractivity contribution >= 4 is 17.7 Å². The molecule has 30 heavy (non-hydrogen) atoms. The average molecular weight is 408 g/mol. The Hall–Kier alpha value is -3.68. The highest BCUT2D eigenvalue weighted by atomic mass is 16.6. The smallest absolute Gasteiger partial charge is 0.329 e. The van der Waals surface area contributed by atoms with E-state index in [0.29, 0.717) is 11.5 Å². The summed E-state index contributed by atoms with van der Waals surface area (Å²) in [4.78, 5) is 29.0. The van der Waals surface area contributed by atoms with Gasteiger partial charge in [-0.1, -0.05) is 61.5 Å². The number of esters is 1. The van der Waals surface area contributed by atoms with E-state index in [1.165, 1.54) is 0 Å². The number of nitrogens with one attached hydrogen (secondary N) is 2. The fourth-order valence-corrected chi connectivity index (χ4v) is 2.80. The zero-order valence-electron chi connectivity index (χ0n) is 17.1. The van der Waals surface area contributed by atoms with Crippen LogP contribution in [0.4, 0.5) is 10.5 Å². The van der Waals surface area contributed by atoms with Crippen LogP contribution in [0.5, 0.6) is 0 Å². The van der Waals surface area contributed by atoms with Crippen molar-refractivity contribution in [1.29, 1.82) is 0 Å². The predicted octanol–water partition coefficient (Wildman–Crippen LogP) is 3.93. The number of para-hydroxylation sites is 1. The van der Waals surface area contributed by atoms with Crippen LogP contribution >= 0.6 is 0 Å². The summed E-state index contributed by atoms with van der Waals surface area (Å²) in [6.07, 6.45) is 0. The molecule has 8 heteroatoms. The maximum absolute atomic E-state index is 12.5. The Balaban J connectivity index is 1.58. The van der Waals surface area contributed by atoms with Crippen molar-refractivity contribution in [2.24, 2.45) is 5.92 Å². The minimum absolute atomic E-state index is 0.177. The molecule has 0 saturated carbocycles. The van der Waals surface area contributed by atoms with Crippen molar-refractivity contribution in [3.05, 3.63) is 66.1 Å². The number of benzene rings is 2. The third-order valence-corrected chi connectivity index (χ3v) is 4.43. The van der Waals surface area contributed by atoms with Gasteiger partial charge in [0.2, 0.25) is 5.82 Å². The second kappa shape index (κ2) is 9.69. The molecule has 0 spiro atoms. The second-order valence-corrected chi connectivity index (χ2v) is 7.12. The summed E-state index contributed by atoms with van der Waals surface area (Å²) in [6.45, 7) is 5.41. The molecule has 8 nitrogen and oxygen atoms in total. The summed E-state index contributed by atoms with van der Waals surface area (Å²) in [7, 11) is 0. The lowest BCUT2D eigenvalue weighted by molar-refractivity contribution is -0.149. The molecular formula is C22H24N4O4. The number of hydrogen-bond acceptors (Lipinski definition) is 6. The predicted molar refractivity (Wildman–Crippen MR) is 111 cm³/mol. The van der Waals surface area contributed by atoms with Crippen molar-refractivity contribution in [1.82, 2.24) is 15.5 Å². The second-order valence-electron chi connectivity index (χ2n) is 7.12. The Kier molecular flexibility index (Phi) is 6.79. The van der Waals surface area contributed by atoms with Gasteiger partial charge in [0.15, 0.2) is 6.61 Å². The van der Waals surface area contributed by atoms with E-state index in [1.54, 1.807) is 24.3 Å². The van der Waals surface area contributed by atoms with E-state index in [-0.39, 0.29) is 18.4 Å². The molecular weight excluding hydrogens is 384 g/mol. The number of carbonyl (C=O) groups is 2. The SMILES string of the molecule is Cc1ccccc1-c1noc(COC(=O)[C@@H](NC(=O)Nc2ccccc2)C(C)C)n1. The average Bonchev–Trinajstić information content (AvgIpc) is 3.20. The summed E-state index contributed by atoms with van der Waals surface area (Å²) >= 11 is 0. The Morgan fingerprint density at radius 1 is 1.07 bits per heavy atom. The lowest BCUT2D eigenvalue weighted by Crippen LogP contribution is -2.47. The van der Waals surface area contributed by atoms with Gasteiger partial charge < -0.3 is 19.9 Å². The number of urea groups is 1. The molecule has 0 bridgehead atoms. The maximum atomic E-state index is 12.5. The van der Waals surface area contributed by atoms with E-state index in [1.807, 2.05) is 51.1 Å². The molecule has 0 aliphatic rings. The van der Waals surface area contributed by atoms with Gasteiger partial charge in [-0.15, -0.1) is 0 Å². The molecule has 0 fully saturated rings. The summed E-state index contributed by atoms with van der Waals surface area (Å²) < 4.78 is 10.5. The molecule has 2 amide bonds. The largest absolute Gasteiger partial charge is 0.454 e. The fourth-order valence-electron chi connectivity index (χ4n) is 2.80. The van der Waals surface area contributed by atoms with Gasteiger partial charge in [-0.2, -0.15) is 4.98 Å². The van der Waals surface area contributed by atoms with Crippen LogP contribution in [0.3, 0.4) is 0 Å². The topological polar surface area (TPSA) is 106 Å². The molecule has 1 heterocycles. The van der Waals surface area contributed by atoms with E-state index >= 15 is 0 Å². The van der Waals surface area contributed by atoms with Crippen molar-refractivity contribution in [3.8, 4) is 11.4 Å². The number of ether oxygens (including phenoxy) is 1. The van der Waals surface area contributed by atoms with Crippen molar-refractivity contribution < 1.29 is 18.8 Å². The van der Waals surface area contributed by atoms with Crippen molar-refractivity contribution in [3.63, 3.8) is 0 Å². The minimum Gasteiger partial charge on any atom is -0.454 e. The van der Waals surface area contributed by atoms with Crippen LogP contribution in [-0.4, -0.2) is 28.2 Å². The van der Waals surface area contributed by atoms with Crippen molar-refractivity contribution in [2.45, 2.75) is 33.4 Å². The normalized spacial score (nSPS) is 11.7. The summed E-state index contributed by atoms with van der Waals surface area (Å²) in [5, 5.41) is 9.28. The molecule has 3 rings (SSSR count). The molecule has 1 atom stereocenters. The lowest BCUT2D eigenvalue weighted by Gasteiger charge is -2.20. The highest BCUT2D eigenvalue weighted by Gasteiger charge is 2.26. The van der Waals surface area contributed by atoms with E-state index in [9.17, 15) is 9.59 Å². The number of aromatic nitrogens is 2. The fraction of sp³-hybridized carbons (Fsp3) is 0.273. The highest BCUT2D eigenvalue weighted by Crippen LogP contribution is 2.20. The first-order valence-corrected chi connectivity index (χ1v) is 9.62. The third kappa shape index (κ3) is 5.44. The van der Waals surface area contributed by atoms with Crippen LogP contribution < -0.4 is 10.6 Å². The number of aryl methyl sites for hydroxylation is 1. The van der Waals surface area contributed by atoms with Gasteiger partial charge in [-0.3, -0.25) is 0 Å². The molecule has 156 valence electrons. The van der Waals surface area contributed by atoms with E-state index < -0.39 is 18.0 Å². The van der Waals surface area contributed by atoms with Gasteiger partial charge in [0.25, 0.3) is 5.89 Å². The molecule has 2 N–H and O–H groups in total. The van der Waals surface area contributed by atoms with Crippen LogP contribution in [-0.2, 0) is 16.1 Å². The van der Waals surface area contributed by atoms with E-state index in [2.05, 4.69) is 20.8 Å². The van der Waals surface area contributed by atoms with Gasteiger partial charge in [0, 0.05) is 11.3 Å². The molecule has 0 aliphatic heterocycles. The number of hydrogen-bond donors (Lipinski definition) is 2. The van der Waals surface area contributed by atoms with Gasteiger partial charge in [0.1, 0.15) is 6.04 Å². The Morgan fingerprint density at radius 2 is 1.77 bits per heavy atom. The van der Waals surface area contributed by atoms with E-state index in [0.717, 1.165) is 11.1 Å². The Morgan fingerprint density at radius 3 is 2.47 bits per heavy atom. The van der Waals surface area contributed by atoms with Crippen LogP contribution in [0, 0.1) is 12.8 Å². The van der Waals surface area contributed by atoms with Crippen molar-refractivity contribution in [2.75, 3.05) is 5.32 Å². The van der Waals surface area contributed by atoms with Crippen LogP contribution in [0.15, 0.2) is 59.1 Å². The zero-order chi connectivity index (χ0) is 21.5. The summed E-state index contributed by atoms with van der Waals surface area (Å²) in [5.41, 5.74) is 2.48. The van der Waals surface area contributed by atoms with Gasteiger partial charge in [-0.05, 0) is 30.5 Å². The third-order valence-electron chi connectivity index (χ3n) is 4.43. The van der Waals surface area contributed by atoms with Gasteiger partial charge >= 0.3 is 12.0 Å². The molecule has 0 radical (unpaired) electrons. The Bertz CT molecular complexity index is 1000. The number of nitrogens with zero attached hydrogens (tertiary/aromatic N) is 2. The summed E-state index contributed by atoms with van der Waals surface area (Å²) in [5.74, 6) is -0.147. The first-order chi connectivity index (χ1) is 14.4. The standard InChI is InChI=1S/C22H24N4O4/c1-14(2)19(25-22(28)23-16-10-5-4-6-11-16)21(27)29-13-18-24-20(26-30-18)17-12-8-7-9-15(17)3/h4-12,14,19H,13H2,1-3H3,(H2,23,25,28)/t19-/m0/s1. The number of anilines is 1. The highest BCUT2D eigenvalue weighted by molar-refractivity contribution is 5.92. The summed E-state index contributed by atoms with van der Waals surface area (Å²) in [6, 6.07) is 15.3. The molecule has 3 aromatic rings. The lowest BCUT2D eigenvalue weighted by atomic mass is 10.1. The van der Waals surface area contributed by atoms with Gasteiger partial charge in [-0.25, -0.2) is 9.59 Å². The zero-order valence-corrected chi connectivity index (χ0v) is 17.1. The number of carbonyl (C=O) groups excluding carboxylic acids is 2. The van der Waals surface area contributed by atoms with Crippen LogP contribution in [0.25, 0.3) is 11.4 Å². The maximum Gasteiger partial charge on any atom is 0.329 e. The molecule has 0 saturated heterocycles. The Labute approximate surface area is 174 Å². The quantitative estimate of drug-likeness (QED) is 0.574. The molecule has 1 aromatic heterocycles. The van der Waals surface area contributed by atoms with Gasteiger partial charge in [0.05, 0.1) is 0 Å².